The number of H-pyrrole nitrogens is 1. The van der Waals surface area contributed by atoms with Gasteiger partial charge in [-0.2, -0.15) is 0 Å². The lowest BCUT2D eigenvalue weighted by atomic mass is 10.0. The number of nitrogens with zero attached hydrogens (tertiary/aromatic N) is 2. The van der Waals surface area contributed by atoms with Crippen LogP contribution >= 0.6 is 11.6 Å². The summed E-state index contributed by atoms with van der Waals surface area (Å²) in [4.78, 5) is 22.3. The van der Waals surface area contributed by atoms with Crippen LogP contribution in [-0.4, -0.2) is 36.3 Å². The third-order valence-corrected chi connectivity index (χ3v) is 5.82. The molecule has 2 aromatic heterocycles. The molecule has 1 aliphatic heterocycles. The Morgan fingerprint density at radius 3 is 2.55 bits per heavy atom. The number of benzene rings is 2. The zero-order valence-corrected chi connectivity index (χ0v) is 17.5. The highest BCUT2D eigenvalue weighted by atomic mass is 35.5. The second-order valence-corrected chi connectivity index (χ2v) is 7.77. The molecule has 2 N–H and O–H groups in total. The number of ether oxygens (including phenoxy) is 1. The number of aromatic nitrogens is 2. The summed E-state index contributed by atoms with van der Waals surface area (Å²) in [6.07, 6.45) is 3.40. The maximum Gasteiger partial charge on any atom is 0.259 e. The van der Waals surface area contributed by atoms with Gasteiger partial charge in [0.05, 0.1) is 18.6 Å². The fourth-order valence-electron chi connectivity index (χ4n) is 3.91. The highest BCUT2D eigenvalue weighted by Gasteiger charge is 2.14. The van der Waals surface area contributed by atoms with Gasteiger partial charge in [-0.25, -0.2) is 4.98 Å². The molecule has 4 aromatic rings. The van der Waals surface area contributed by atoms with Crippen LogP contribution in [0.15, 0.2) is 71.8 Å². The van der Waals surface area contributed by atoms with E-state index in [0.29, 0.717) is 16.2 Å². The Bertz CT molecular complexity index is 1280. The summed E-state index contributed by atoms with van der Waals surface area (Å²) in [5, 5.41) is 5.22. The molecule has 1 fully saturated rings. The first kappa shape index (κ1) is 19.6. The number of pyridine rings is 2. The zero-order valence-electron chi connectivity index (χ0n) is 16.8. The van der Waals surface area contributed by atoms with Crippen LogP contribution in [0.25, 0.3) is 21.9 Å². The van der Waals surface area contributed by atoms with Crippen LogP contribution in [0.3, 0.4) is 0 Å². The number of halogens is 1. The molecule has 0 spiro atoms. The van der Waals surface area contributed by atoms with Crippen molar-refractivity contribution < 1.29 is 4.74 Å². The topological polar surface area (TPSA) is 70.2 Å². The van der Waals surface area contributed by atoms with Gasteiger partial charge >= 0.3 is 0 Å². The second-order valence-electron chi connectivity index (χ2n) is 7.36. The summed E-state index contributed by atoms with van der Waals surface area (Å²) in [5.41, 5.74) is 3.52. The van der Waals surface area contributed by atoms with Crippen molar-refractivity contribution in [2.75, 3.05) is 36.5 Å². The molecule has 31 heavy (non-hydrogen) atoms. The molecule has 7 heteroatoms. The lowest BCUT2D eigenvalue weighted by Gasteiger charge is -2.28. The normalized spacial score (nSPS) is 14.0. The van der Waals surface area contributed by atoms with Crippen LogP contribution in [0, 0.1) is 0 Å². The Morgan fingerprint density at radius 2 is 1.77 bits per heavy atom. The molecular formula is C24H21ClN4O2. The molecule has 6 nitrogen and oxygen atoms in total. The van der Waals surface area contributed by atoms with E-state index in [2.05, 4.69) is 32.3 Å². The van der Waals surface area contributed by atoms with E-state index in [1.165, 1.54) is 0 Å². The number of hydrogen-bond acceptors (Lipinski definition) is 5. The molecule has 0 radical (unpaired) electrons. The zero-order chi connectivity index (χ0) is 21.2. The van der Waals surface area contributed by atoms with Crippen molar-refractivity contribution in [3.8, 4) is 11.1 Å². The van der Waals surface area contributed by atoms with Crippen molar-refractivity contribution in [2.45, 2.75) is 0 Å². The summed E-state index contributed by atoms with van der Waals surface area (Å²) in [6, 6.07) is 17.6. The van der Waals surface area contributed by atoms with E-state index in [9.17, 15) is 4.79 Å². The molecule has 0 atom stereocenters. The van der Waals surface area contributed by atoms with Crippen LogP contribution in [0.1, 0.15) is 0 Å². The van der Waals surface area contributed by atoms with Gasteiger partial charge in [-0.1, -0.05) is 29.8 Å². The fraction of sp³-hybridized carbons (Fsp3) is 0.167. The third-order valence-electron chi connectivity index (χ3n) is 5.49. The molecule has 0 saturated carbocycles. The lowest BCUT2D eigenvalue weighted by molar-refractivity contribution is 0.122. The Kier molecular flexibility index (Phi) is 5.32. The van der Waals surface area contributed by atoms with Crippen molar-refractivity contribution in [3.05, 3.63) is 82.4 Å². The molecule has 0 amide bonds. The predicted octanol–water partition coefficient (Wildman–Crippen LogP) is 4.82. The van der Waals surface area contributed by atoms with Crippen LogP contribution in [0.2, 0.25) is 5.02 Å². The number of rotatable bonds is 4. The molecule has 3 heterocycles. The molecule has 0 unspecified atom stereocenters. The van der Waals surface area contributed by atoms with Gasteiger partial charge < -0.3 is 19.9 Å². The molecule has 0 aliphatic carbocycles. The minimum atomic E-state index is -0.202. The first-order valence-electron chi connectivity index (χ1n) is 10.2. The van der Waals surface area contributed by atoms with Crippen LogP contribution in [0.4, 0.5) is 17.2 Å². The number of nitrogens with one attached hydrogen (secondary N) is 2. The Hall–Kier alpha value is -3.35. The van der Waals surface area contributed by atoms with Crippen LogP contribution in [0.5, 0.6) is 0 Å². The Labute approximate surface area is 184 Å². The number of aromatic amines is 1. The highest BCUT2D eigenvalue weighted by Crippen LogP contribution is 2.33. The largest absolute Gasteiger partial charge is 0.378 e. The van der Waals surface area contributed by atoms with Gasteiger partial charge in [-0.3, -0.25) is 4.79 Å². The molecule has 2 aromatic carbocycles. The minimum absolute atomic E-state index is 0.202. The van der Waals surface area contributed by atoms with Gasteiger partial charge in [0, 0.05) is 58.4 Å². The van der Waals surface area contributed by atoms with Crippen molar-refractivity contribution >= 4 is 39.6 Å². The monoisotopic (exact) mass is 432 g/mol. The molecule has 0 bridgehead atoms. The summed E-state index contributed by atoms with van der Waals surface area (Å²) in [6.45, 7) is 3.27. The van der Waals surface area contributed by atoms with E-state index < -0.39 is 0 Å². The SMILES string of the molecule is O=c1[nH]cc(-c2ccccc2Cl)c2ccnc(Nc3ccc(N4CCOCC4)cc3)c12. The van der Waals surface area contributed by atoms with E-state index in [0.717, 1.165) is 54.2 Å². The summed E-state index contributed by atoms with van der Waals surface area (Å²) in [5.74, 6) is 0.506. The van der Waals surface area contributed by atoms with E-state index in [1.54, 1.807) is 12.4 Å². The van der Waals surface area contributed by atoms with E-state index >= 15 is 0 Å². The van der Waals surface area contributed by atoms with Gasteiger partial charge in [0.25, 0.3) is 5.56 Å². The number of fused-ring (bicyclic) bond motifs is 1. The second kappa shape index (κ2) is 8.41. The van der Waals surface area contributed by atoms with Crippen molar-refractivity contribution in [1.82, 2.24) is 9.97 Å². The maximum absolute atomic E-state index is 12.7. The van der Waals surface area contributed by atoms with E-state index in [-0.39, 0.29) is 5.56 Å². The van der Waals surface area contributed by atoms with Gasteiger partial charge in [-0.05, 0) is 36.4 Å². The van der Waals surface area contributed by atoms with E-state index in [1.807, 2.05) is 42.5 Å². The van der Waals surface area contributed by atoms with Crippen molar-refractivity contribution in [3.63, 3.8) is 0 Å². The summed E-state index contributed by atoms with van der Waals surface area (Å²) >= 11 is 6.41. The lowest BCUT2D eigenvalue weighted by Crippen LogP contribution is -2.36. The molecule has 156 valence electrons. The molecule has 1 saturated heterocycles. The quantitative estimate of drug-likeness (QED) is 0.483. The Balaban J connectivity index is 1.51. The molecule has 1 aliphatic rings. The number of hydrogen-bond donors (Lipinski definition) is 2. The van der Waals surface area contributed by atoms with Gasteiger partial charge in [-0.15, -0.1) is 0 Å². The van der Waals surface area contributed by atoms with E-state index in [4.69, 9.17) is 16.3 Å². The minimum Gasteiger partial charge on any atom is -0.378 e. The summed E-state index contributed by atoms with van der Waals surface area (Å²) in [7, 11) is 0. The Morgan fingerprint density at radius 1 is 1.00 bits per heavy atom. The average molecular weight is 433 g/mol. The standard InChI is InChI=1S/C24H21ClN4O2/c25-21-4-2-1-3-18(21)20-15-27-24(30)22-19(20)9-10-26-23(22)28-16-5-7-17(8-6-16)29-11-13-31-14-12-29/h1-10,15H,11-14H2,(H,26,28)(H,27,30). The third kappa shape index (κ3) is 3.87. The van der Waals surface area contributed by atoms with Gasteiger partial charge in [0.2, 0.25) is 0 Å². The molecular weight excluding hydrogens is 412 g/mol. The fourth-order valence-corrected chi connectivity index (χ4v) is 4.15. The van der Waals surface area contributed by atoms with Crippen LogP contribution in [-0.2, 0) is 4.74 Å². The van der Waals surface area contributed by atoms with Crippen molar-refractivity contribution in [2.24, 2.45) is 0 Å². The first-order valence-corrected chi connectivity index (χ1v) is 10.5. The van der Waals surface area contributed by atoms with Crippen LogP contribution < -0.4 is 15.8 Å². The summed E-state index contributed by atoms with van der Waals surface area (Å²) < 4.78 is 5.42. The van der Waals surface area contributed by atoms with Gasteiger partial charge in [0.1, 0.15) is 5.82 Å². The highest BCUT2D eigenvalue weighted by molar-refractivity contribution is 6.33. The predicted molar refractivity (Wildman–Crippen MR) is 126 cm³/mol. The van der Waals surface area contributed by atoms with Gasteiger partial charge in [0.15, 0.2) is 0 Å². The first-order chi connectivity index (χ1) is 15.2. The number of morpholine rings is 1. The van der Waals surface area contributed by atoms with Crippen molar-refractivity contribution in [1.29, 1.82) is 0 Å². The molecule has 5 rings (SSSR count). The average Bonchev–Trinajstić information content (AvgIpc) is 2.81. The maximum atomic E-state index is 12.7. The number of anilines is 3. The smallest absolute Gasteiger partial charge is 0.259 e.